The van der Waals surface area contributed by atoms with Crippen molar-refractivity contribution in [2.75, 3.05) is 31.5 Å². The molecule has 7 heteroatoms. The predicted octanol–water partition coefficient (Wildman–Crippen LogP) is 6.91. The molecule has 0 radical (unpaired) electrons. The van der Waals surface area contributed by atoms with E-state index in [0.717, 1.165) is 55.6 Å². The van der Waals surface area contributed by atoms with E-state index in [1.165, 1.54) is 23.8 Å². The zero-order chi connectivity index (χ0) is 26.3. The Morgan fingerprint density at radius 2 is 1.84 bits per heavy atom. The maximum Gasteiger partial charge on any atom is 0.319 e. The van der Waals surface area contributed by atoms with Gasteiger partial charge in [0.05, 0.1) is 11.6 Å². The summed E-state index contributed by atoms with van der Waals surface area (Å²) >= 11 is 5.86. The molecule has 5 nitrogen and oxygen atoms in total. The molecule has 2 amide bonds. The van der Waals surface area contributed by atoms with Crippen molar-refractivity contribution in [3.63, 3.8) is 0 Å². The molecule has 0 aliphatic carbocycles. The van der Waals surface area contributed by atoms with Crippen molar-refractivity contribution >= 4 is 30.0 Å². The highest BCUT2D eigenvalue weighted by molar-refractivity contribution is 6.31. The zero-order valence-corrected chi connectivity index (χ0v) is 22.0. The third-order valence-electron chi connectivity index (χ3n) is 7.17. The number of benzene rings is 3. The SMILES string of the molecule is C=NCc1cccc(-c2ccc(C3(CNC(=O)Nc4ccc(F)c(Cl)c4)CCN(CCC)CC3)cc2)c1. The molecule has 1 aliphatic rings. The fourth-order valence-corrected chi connectivity index (χ4v) is 5.26. The van der Waals surface area contributed by atoms with Crippen molar-refractivity contribution in [2.45, 2.75) is 38.1 Å². The molecule has 1 heterocycles. The summed E-state index contributed by atoms with van der Waals surface area (Å²) in [6.45, 7) is 9.97. The summed E-state index contributed by atoms with van der Waals surface area (Å²) in [4.78, 5) is 19.2. The summed E-state index contributed by atoms with van der Waals surface area (Å²) in [7, 11) is 0. The fourth-order valence-electron chi connectivity index (χ4n) is 5.08. The van der Waals surface area contributed by atoms with Crippen LogP contribution in [0.15, 0.2) is 71.7 Å². The first kappa shape index (κ1) is 26.8. The highest BCUT2D eigenvalue weighted by Gasteiger charge is 2.36. The summed E-state index contributed by atoms with van der Waals surface area (Å²) in [5.41, 5.74) is 4.93. The molecule has 1 fully saturated rings. The zero-order valence-electron chi connectivity index (χ0n) is 21.3. The molecule has 2 N–H and O–H groups in total. The Hall–Kier alpha value is -3.22. The second-order valence-electron chi connectivity index (χ2n) is 9.72. The Labute approximate surface area is 223 Å². The average molecular weight is 521 g/mol. The Morgan fingerprint density at radius 3 is 2.51 bits per heavy atom. The van der Waals surface area contributed by atoms with Crippen LogP contribution in [-0.2, 0) is 12.0 Å². The van der Waals surface area contributed by atoms with Crippen molar-refractivity contribution in [3.05, 3.63) is 88.7 Å². The highest BCUT2D eigenvalue weighted by atomic mass is 35.5. The van der Waals surface area contributed by atoms with Crippen molar-refractivity contribution in [3.8, 4) is 11.1 Å². The molecule has 1 saturated heterocycles. The number of anilines is 1. The molecule has 0 saturated carbocycles. The van der Waals surface area contributed by atoms with Gasteiger partial charge in [0.25, 0.3) is 0 Å². The number of rotatable bonds is 9. The summed E-state index contributed by atoms with van der Waals surface area (Å²) in [5, 5.41) is 5.81. The van der Waals surface area contributed by atoms with Gasteiger partial charge in [-0.05, 0) is 92.1 Å². The Kier molecular flexibility index (Phi) is 8.95. The van der Waals surface area contributed by atoms with Crippen molar-refractivity contribution in [2.24, 2.45) is 4.99 Å². The number of carbonyl (C=O) groups is 1. The van der Waals surface area contributed by atoms with Gasteiger partial charge in [-0.2, -0.15) is 0 Å². The van der Waals surface area contributed by atoms with E-state index in [0.29, 0.717) is 18.8 Å². The Morgan fingerprint density at radius 1 is 1.08 bits per heavy atom. The predicted molar refractivity (Wildman–Crippen MR) is 151 cm³/mol. The normalized spacial score (nSPS) is 15.2. The van der Waals surface area contributed by atoms with Gasteiger partial charge in [0, 0.05) is 17.6 Å². The van der Waals surface area contributed by atoms with E-state index in [-0.39, 0.29) is 16.5 Å². The minimum Gasteiger partial charge on any atom is -0.337 e. The topological polar surface area (TPSA) is 56.7 Å². The standard InChI is InChI=1S/C30H34ClFN4O/c1-3-15-36-16-13-30(14-17-36,21-34-29(37)35-26-11-12-28(32)27(31)19-26)25-9-7-23(8-10-25)24-6-4-5-22(18-24)20-33-2/h4-12,18-19H,2-3,13-17,20-21H2,1H3,(H2,34,35,37). The van der Waals surface area contributed by atoms with Gasteiger partial charge in [-0.15, -0.1) is 0 Å². The van der Waals surface area contributed by atoms with E-state index in [1.54, 1.807) is 0 Å². The van der Waals surface area contributed by atoms with E-state index < -0.39 is 5.82 Å². The number of halogens is 2. The molecule has 0 spiro atoms. The lowest BCUT2D eigenvalue weighted by atomic mass is 9.72. The number of likely N-dealkylation sites (tertiary alicyclic amines) is 1. The van der Waals surface area contributed by atoms with Gasteiger partial charge in [0.2, 0.25) is 0 Å². The number of nitrogens with zero attached hydrogens (tertiary/aromatic N) is 2. The lowest BCUT2D eigenvalue weighted by Gasteiger charge is -2.42. The van der Waals surface area contributed by atoms with Crippen molar-refractivity contribution in [1.82, 2.24) is 10.2 Å². The van der Waals surface area contributed by atoms with Gasteiger partial charge in [-0.25, -0.2) is 9.18 Å². The van der Waals surface area contributed by atoms with Crippen molar-refractivity contribution in [1.29, 1.82) is 0 Å². The van der Waals surface area contributed by atoms with Gasteiger partial charge in [0.15, 0.2) is 0 Å². The number of aliphatic imine (C=N–C) groups is 1. The van der Waals surface area contributed by atoms with Gasteiger partial charge in [-0.3, -0.25) is 4.99 Å². The van der Waals surface area contributed by atoms with Crippen LogP contribution in [0.3, 0.4) is 0 Å². The number of nitrogens with one attached hydrogen (secondary N) is 2. The Bertz CT molecular complexity index is 1220. The number of amides is 2. The van der Waals surface area contributed by atoms with Crippen LogP contribution in [-0.4, -0.2) is 43.8 Å². The van der Waals surface area contributed by atoms with Crippen LogP contribution < -0.4 is 10.6 Å². The van der Waals surface area contributed by atoms with E-state index in [2.05, 4.69) is 76.6 Å². The quantitative estimate of drug-likeness (QED) is 0.301. The molecule has 0 bridgehead atoms. The number of hydrogen-bond donors (Lipinski definition) is 2. The molecule has 0 atom stereocenters. The summed E-state index contributed by atoms with van der Waals surface area (Å²) in [6, 6.07) is 20.9. The van der Waals surface area contributed by atoms with Crippen LogP contribution in [0.25, 0.3) is 11.1 Å². The van der Waals surface area contributed by atoms with Gasteiger partial charge < -0.3 is 15.5 Å². The first-order valence-corrected chi connectivity index (χ1v) is 13.1. The van der Waals surface area contributed by atoms with Crippen LogP contribution in [0.5, 0.6) is 0 Å². The average Bonchev–Trinajstić information content (AvgIpc) is 2.91. The number of urea groups is 1. The molecule has 0 aromatic heterocycles. The fraction of sp³-hybridized carbons (Fsp3) is 0.333. The summed E-state index contributed by atoms with van der Waals surface area (Å²) in [5.74, 6) is -0.516. The molecular weight excluding hydrogens is 487 g/mol. The monoisotopic (exact) mass is 520 g/mol. The Balaban J connectivity index is 1.51. The largest absolute Gasteiger partial charge is 0.337 e. The second kappa shape index (κ2) is 12.3. The van der Waals surface area contributed by atoms with E-state index in [1.807, 2.05) is 6.07 Å². The van der Waals surface area contributed by atoms with Crippen LogP contribution in [0.2, 0.25) is 5.02 Å². The van der Waals surface area contributed by atoms with Gasteiger partial charge in [-0.1, -0.05) is 61.0 Å². The van der Waals surface area contributed by atoms with E-state index in [9.17, 15) is 9.18 Å². The minimum atomic E-state index is -0.516. The molecular formula is C30H34ClFN4O. The number of piperidine rings is 1. The van der Waals surface area contributed by atoms with E-state index in [4.69, 9.17) is 11.6 Å². The lowest BCUT2D eigenvalue weighted by molar-refractivity contribution is 0.157. The first-order valence-electron chi connectivity index (χ1n) is 12.8. The minimum absolute atomic E-state index is 0.0241. The lowest BCUT2D eigenvalue weighted by Crippen LogP contribution is -2.49. The molecule has 4 rings (SSSR count). The second-order valence-corrected chi connectivity index (χ2v) is 10.1. The third kappa shape index (κ3) is 6.76. The van der Waals surface area contributed by atoms with E-state index >= 15 is 0 Å². The smallest absolute Gasteiger partial charge is 0.319 e. The molecule has 0 unspecified atom stereocenters. The first-order chi connectivity index (χ1) is 17.9. The van der Waals surface area contributed by atoms with Crippen LogP contribution in [0.1, 0.15) is 37.3 Å². The maximum atomic E-state index is 13.5. The molecule has 3 aromatic carbocycles. The van der Waals surface area contributed by atoms with Crippen LogP contribution in [0, 0.1) is 5.82 Å². The third-order valence-corrected chi connectivity index (χ3v) is 7.46. The van der Waals surface area contributed by atoms with Gasteiger partial charge >= 0.3 is 6.03 Å². The van der Waals surface area contributed by atoms with Gasteiger partial charge in [0.1, 0.15) is 5.82 Å². The molecule has 3 aromatic rings. The number of carbonyl (C=O) groups excluding carboxylic acids is 1. The number of hydrogen-bond acceptors (Lipinski definition) is 3. The van der Waals surface area contributed by atoms with Crippen LogP contribution in [0.4, 0.5) is 14.9 Å². The molecule has 37 heavy (non-hydrogen) atoms. The highest BCUT2D eigenvalue weighted by Crippen LogP contribution is 2.36. The van der Waals surface area contributed by atoms with Crippen molar-refractivity contribution < 1.29 is 9.18 Å². The molecule has 194 valence electrons. The van der Waals surface area contributed by atoms with Crippen LogP contribution >= 0.6 is 11.6 Å². The molecule has 1 aliphatic heterocycles. The summed E-state index contributed by atoms with van der Waals surface area (Å²) < 4.78 is 13.5. The maximum absolute atomic E-state index is 13.5. The summed E-state index contributed by atoms with van der Waals surface area (Å²) in [6.07, 6.45) is 3.04.